The number of rotatable bonds is 6. The Morgan fingerprint density at radius 1 is 1.21 bits per heavy atom. The highest BCUT2D eigenvalue weighted by molar-refractivity contribution is 5.95. The van der Waals surface area contributed by atoms with Gasteiger partial charge in [-0.15, -0.1) is 0 Å². The first-order valence-electron chi connectivity index (χ1n) is 10.6. The number of ether oxygens (including phenoxy) is 1. The van der Waals surface area contributed by atoms with E-state index in [4.69, 9.17) is 4.74 Å². The number of nitrogens with zero attached hydrogens (tertiary/aromatic N) is 1. The summed E-state index contributed by atoms with van der Waals surface area (Å²) in [5.41, 5.74) is 1.57. The van der Waals surface area contributed by atoms with Crippen LogP contribution in [0.15, 0.2) is 12.3 Å². The van der Waals surface area contributed by atoms with Gasteiger partial charge in [0.1, 0.15) is 0 Å². The van der Waals surface area contributed by atoms with Crippen molar-refractivity contribution in [3.63, 3.8) is 0 Å². The highest BCUT2D eigenvalue weighted by Crippen LogP contribution is 2.23. The van der Waals surface area contributed by atoms with Gasteiger partial charge in [-0.25, -0.2) is 0 Å². The molecule has 1 aromatic rings. The van der Waals surface area contributed by atoms with Gasteiger partial charge in [-0.05, 0) is 45.1 Å². The Balaban J connectivity index is 1.68. The van der Waals surface area contributed by atoms with Gasteiger partial charge >= 0.3 is 0 Å². The molecule has 0 saturated carbocycles. The van der Waals surface area contributed by atoms with E-state index >= 15 is 0 Å². The summed E-state index contributed by atoms with van der Waals surface area (Å²) in [6, 6.07) is 2.29. The summed E-state index contributed by atoms with van der Waals surface area (Å²) in [7, 11) is 0. The van der Waals surface area contributed by atoms with E-state index in [1.807, 2.05) is 13.0 Å². The standard InChI is InChI=1S/C21H34N4O3/c1-3-9-23-20(26)16-4-5-17(24-21(27)19-6-10-22-15(19)2)14-25(13-16)18-7-11-28-12-8-18/h6,10,16-18,22H,3-5,7-9,11-14H2,1-2H3,(H,23,26)(H,24,27)/t16-,17+/m1/s1. The van der Waals surface area contributed by atoms with Crippen LogP contribution in [0.1, 0.15) is 55.1 Å². The lowest BCUT2D eigenvalue weighted by Gasteiger charge is -2.36. The van der Waals surface area contributed by atoms with Crippen LogP contribution in [-0.4, -0.2) is 66.6 Å². The van der Waals surface area contributed by atoms with E-state index in [1.165, 1.54) is 0 Å². The van der Waals surface area contributed by atoms with E-state index in [0.717, 1.165) is 70.6 Å². The fraction of sp³-hybridized carbons (Fsp3) is 0.714. The van der Waals surface area contributed by atoms with Gasteiger partial charge in [0.25, 0.3) is 5.91 Å². The van der Waals surface area contributed by atoms with Crippen molar-refractivity contribution < 1.29 is 14.3 Å². The first-order valence-corrected chi connectivity index (χ1v) is 10.6. The van der Waals surface area contributed by atoms with E-state index < -0.39 is 0 Å². The molecule has 0 aliphatic carbocycles. The molecule has 2 saturated heterocycles. The summed E-state index contributed by atoms with van der Waals surface area (Å²) >= 11 is 0. The second kappa shape index (κ2) is 10.1. The summed E-state index contributed by atoms with van der Waals surface area (Å²) in [5.74, 6) is 0.0854. The van der Waals surface area contributed by atoms with Crippen LogP contribution < -0.4 is 10.6 Å². The first kappa shape index (κ1) is 20.9. The molecule has 2 aliphatic rings. The molecule has 7 heteroatoms. The molecule has 0 bridgehead atoms. The molecule has 28 heavy (non-hydrogen) atoms. The SMILES string of the molecule is CCCNC(=O)[C@@H]1CC[C@H](NC(=O)c2cc[nH]c2C)CN(C2CCOCC2)C1. The number of amides is 2. The second-order valence-corrected chi connectivity index (χ2v) is 8.05. The van der Waals surface area contributed by atoms with Crippen molar-refractivity contribution in [1.82, 2.24) is 20.5 Å². The number of H-pyrrole nitrogens is 1. The summed E-state index contributed by atoms with van der Waals surface area (Å²) in [6.45, 7) is 7.79. The molecule has 2 aliphatic heterocycles. The molecule has 1 aromatic heterocycles. The number of aromatic amines is 1. The van der Waals surface area contributed by atoms with Crippen molar-refractivity contribution in [2.45, 2.75) is 58.0 Å². The van der Waals surface area contributed by atoms with Gasteiger partial charge in [0.05, 0.1) is 11.5 Å². The number of nitrogens with one attached hydrogen (secondary N) is 3. The number of carbonyl (C=O) groups excluding carboxylic acids is 2. The third-order valence-electron chi connectivity index (χ3n) is 5.93. The molecule has 3 heterocycles. The lowest BCUT2D eigenvalue weighted by molar-refractivity contribution is -0.125. The fourth-order valence-electron chi connectivity index (χ4n) is 4.26. The molecule has 0 aromatic carbocycles. The van der Waals surface area contributed by atoms with Crippen LogP contribution in [0.2, 0.25) is 0 Å². The van der Waals surface area contributed by atoms with Crippen molar-refractivity contribution in [2.75, 3.05) is 32.8 Å². The Kier molecular flexibility index (Phi) is 7.50. The average molecular weight is 391 g/mol. The third kappa shape index (κ3) is 5.35. The van der Waals surface area contributed by atoms with Crippen molar-refractivity contribution in [3.8, 4) is 0 Å². The van der Waals surface area contributed by atoms with Crippen molar-refractivity contribution in [1.29, 1.82) is 0 Å². The second-order valence-electron chi connectivity index (χ2n) is 8.05. The Morgan fingerprint density at radius 2 is 2.00 bits per heavy atom. The van der Waals surface area contributed by atoms with Crippen molar-refractivity contribution in [2.24, 2.45) is 5.92 Å². The molecule has 0 spiro atoms. The smallest absolute Gasteiger partial charge is 0.253 e. The van der Waals surface area contributed by atoms with Gasteiger partial charge in [0.15, 0.2) is 0 Å². The molecular formula is C21H34N4O3. The van der Waals surface area contributed by atoms with Crippen LogP contribution in [0.3, 0.4) is 0 Å². The van der Waals surface area contributed by atoms with Gasteiger partial charge in [-0.2, -0.15) is 0 Å². The van der Waals surface area contributed by atoms with Gasteiger partial charge < -0.3 is 20.4 Å². The minimum atomic E-state index is -0.0374. The van der Waals surface area contributed by atoms with E-state index in [1.54, 1.807) is 6.20 Å². The molecule has 7 nitrogen and oxygen atoms in total. The average Bonchev–Trinajstić information content (AvgIpc) is 3.03. The van der Waals surface area contributed by atoms with E-state index in [-0.39, 0.29) is 23.8 Å². The van der Waals surface area contributed by atoms with Crippen molar-refractivity contribution >= 4 is 11.8 Å². The van der Waals surface area contributed by atoms with Crippen LogP contribution in [0.4, 0.5) is 0 Å². The monoisotopic (exact) mass is 390 g/mol. The van der Waals surface area contributed by atoms with Crippen LogP contribution in [0, 0.1) is 12.8 Å². The maximum atomic E-state index is 12.7. The lowest BCUT2D eigenvalue weighted by Crippen LogP contribution is -2.49. The van der Waals surface area contributed by atoms with Gasteiger partial charge in [0, 0.05) is 56.8 Å². The minimum Gasteiger partial charge on any atom is -0.381 e. The number of carbonyl (C=O) groups is 2. The minimum absolute atomic E-state index is 0.0229. The van der Waals surface area contributed by atoms with Crippen LogP contribution in [0.5, 0.6) is 0 Å². The maximum absolute atomic E-state index is 12.7. The fourth-order valence-corrected chi connectivity index (χ4v) is 4.26. The zero-order chi connectivity index (χ0) is 19.9. The molecule has 156 valence electrons. The number of hydrogen-bond donors (Lipinski definition) is 3. The number of hydrogen-bond acceptors (Lipinski definition) is 4. The van der Waals surface area contributed by atoms with E-state index in [0.29, 0.717) is 11.6 Å². The molecule has 0 radical (unpaired) electrons. The van der Waals surface area contributed by atoms with Gasteiger partial charge in [0.2, 0.25) is 5.91 Å². The van der Waals surface area contributed by atoms with Crippen LogP contribution in [-0.2, 0) is 9.53 Å². The number of likely N-dealkylation sites (tertiary alicyclic amines) is 1. The highest BCUT2D eigenvalue weighted by Gasteiger charge is 2.33. The summed E-state index contributed by atoms with van der Waals surface area (Å²) in [4.78, 5) is 30.8. The maximum Gasteiger partial charge on any atom is 0.253 e. The normalized spacial score (nSPS) is 24.5. The number of aryl methyl sites for hydroxylation is 1. The largest absolute Gasteiger partial charge is 0.381 e. The predicted octanol–water partition coefficient (Wildman–Crippen LogP) is 1.84. The molecule has 2 atom stereocenters. The Bertz CT molecular complexity index is 654. The lowest BCUT2D eigenvalue weighted by atomic mass is 10.00. The summed E-state index contributed by atoms with van der Waals surface area (Å²) in [6.07, 6.45) is 6.32. The molecule has 3 rings (SSSR count). The zero-order valence-corrected chi connectivity index (χ0v) is 17.1. The Morgan fingerprint density at radius 3 is 2.68 bits per heavy atom. The van der Waals surface area contributed by atoms with Gasteiger partial charge in [-0.3, -0.25) is 14.5 Å². The predicted molar refractivity (Wildman–Crippen MR) is 108 cm³/mol. The van der Waals surface area contributed by atoms with Crippen LogP contribution in [0.25, 0.3) is 0 Å². The quantitative estimate of drug-likeness (QED) is 0.692. The molecule has 2 fully saturated rings. The Labute approximate surface area is 167 Å². The molecule has 2 amide bonds. The van der Waals surface area contributed by atoms with E-state index in [2.05, 4.69) is 27.4 Å². The summed E-state index contributed by atoms with van der Waals surface area (Å²) in [5, 5.41) is 6.27. The highest BCUT2D eigenvalue weighted by atomic mass is 16.5. The van der Waals surface area contributed by atoms with Gasteiger partial charge in [-0.1, -0.05) is 6.92 Å². The first-order chi connectivity index (χ1) is 13.6. The molecule has 0 unspecified atom stereocenters. The zero-order valence-electron chi connectivity index (χ0n) is 17.1. The summed E-state index contributed by atoms with van der Waals surface area (Å²) < 4.78 is 5.52. The molecule has 3 N–H and O–H groups in total. The topological polar surface area (TPSA) is 86.5 Å². The molecular weight excluding hydrogens is 356 g/mol. The van der Waals surface area contributed by atoms with Crippen molar-refractivity contribution in [3.05, 3.63) is 23.5 Å². The van der Waals surface area contributed by atoms with Crippen LogP contribution >= 0.6 is 0 Å². The number of aromatic nitrogens is 1. The third-order valence-corrected chi connectivity index (χ3v) is 5.93. The Hall–Kier alpha value is -1.86. The van der Waals surface area contributed by atoms with E-state index in [9.17, 15) is 9.59 Å².